The first kappa shape index (κ1) is 16.3. The molecule has 2 aliphatic heterocycles. The van der Waals surface area contributed by atoms with Gasteiger partial charge in [-0.2, -0.15) is 0 Å². The molecule has 0 unspecified atom stereocenters. The fraction of sp³-hybridized carbons (Fsp3) is 0.611. The molecule has 0 radical (unpaired) electrons. The van der Waals surface area contributed by atoms with Gasteiger partial charge in [0.05, 0.1) is 38.8 Å². The van der Waals surface area contributed by atoms with Crippen molar-refractivity contribution in [1.29, 1.82) is 0 Å². The van der Waals surface area contributed by atoms with E-state index in [-0.39, 0.29) is 11.9 Å². The molecule has 1 amide bonds. The predicted octanol–water partition coefficient (Wildman–Crippen LogP) is 1.61. The van der Waals surface area contributed by atoms with Crippen molar-refractivity contribution in [3.63, 3.8) is 0 Å². The molecule has 3 rings (SSSR count). The number of methoxy groups -OCH3 is 1. The molecule has 2 fully saturated rings. The van der Waals surface area contributed by atoms with Crippen molar-refractivity contribution in [2.45, 2.75) is 37.8 Å². The molecule has 5 nitrogen and oxygen atoms in total. The van der Waals surface area contributed by atoms with E-state index in [1.54, 1.807) is 7.11 Å². The summed E-state index contributed by atoms with van der Waals surface area (Å²) < 4.78 is 10.8. The Morgan fingerprint density at radius 2 is 2.13 bits per heavy atom. The molecule has 2 atom stereocenters. The number of rotatable bonds is 5. The number of hydrogen-bond acceptors (Lipinski definition) is 4. The zero-order valence-electron chi connectivity index (χ0n) is 13.8. The summed E-state index contributed by atoms with van der Waals surface area (Å²) in [6.07, 6.45) is 4.19. The van der Waals surface area contributed by atoms with Gasteiger partial charge in [-0.1, -0.05) is 18.6 Å². The number of likely N-dealkylation sites (tertiary alicyclic amines) is 1. The molecule has 1 aromatic rings. The van der Waals surface area contributed by atoms with E-state index in [1.807, 2.05) is 24.3 Å². The summed E-state index contributed by atoms with van der Waals surface area (Å²) in [7, 11) is 1.64. The third kappa shape index (κ3) is 4.24. The lowest BCUT2D eigenvalue weighted by molar-refractivity contribution is -0.121. The summed E-state index contributed by atoms with van der Waals surface area (Å²) in [5, 5.41) is 3.17. The minimum absolute atomic E-state index is 0.0516. The minimum Gasteiger partial charge on any atom is -0.497 e. The maximum Gasteiger partial charge on any atom is 0.224 e. The average Bonchev–Trinajstić information content (AvgIpc) is 3.03. The molecule has 2 saturated heterocycles. The van der Waals surface area contributed by atoms with Crippen molar-refractivity contribution in [2.24, 2.45) is 0 Å². The number of piperidine rings is 1. The van der Waals surface area contributed by atoms with Gasteiger partial charge in [-0.05, 0) is 43.6 Å². The lowest BCUT2D eigenvalue weighted by atomic mass is 10.0. The van der Waals surface area contributed by atoms with E-state index in [4.69, 9.17) is 9.47 Å². The van der Waals surface area contributed by atoms with Crippen molar-refractivity contribution in [1.82, 2.24) is 10.2 Å². The van der Waals surface area contributed by atoms with Crippen LogP contribution in [-0.2, 0) is 16.0 Å². The normalized spacial score (nSPS) is 25.3. The van der Waals surface area contributed by atoms with E-state index in [1.165, 1.54) is 19.3 Å². The van der Waals surface area contributed by atoms with Crippen molar-refractivity contribution >= 4 is 5.91 Å². The number of ether oxygens (including phenoxy) is 2. The average molecular weight is 318 g/mol. The van der Waals surface area contributed by atoms with Gasteiger partial charge in [0.2, 0.25) is 5.91 Å². The Morgan fingerprint density at radius 3 is 2.91 bits per heavy atom. The van der Waals surface area contributed by atoms with E-state index in [2.05, 4.69) is 10.2 Å². The molecule has 0 aliphatic carbocycles. The quantitative estimate of drug-likeness (QED) is 0.896. The van der Waals surface area contributed by atoms with Gasteiger partial charge in [0.1, 0.15) is 5.75 Å². The largest absolute Gasteiger partial charge is 0.497 e. The van der Waals surface area contributed by atoms with Crippen LogP contribution < -0.4 is 10.1 Å². The third-order valence-electron chi connectivity index (χ3n) is 4.76. The van der Waals surface area contributed by atoms with E-state index >= 15 is 0 Å². The highest BCUT2D eigenvalue weighted by Gasteiger charge is 2.34. The lowest BCUT2D eigenvalue weighted by Crippen LogP contribution is -2.52. The first-order chi connectivity index (χ1) is 11.3. The highest BCUT2D eigenvalue weighted by Crippen LogP contribution is 2.19. The van der Waals surface area contributed by atoms with Crippen LogP contribution >= 0.6 is 0 Å². The summed E-state index contributed by atoms with van der Waals surface area (Å²) in [6.45, 7) is 3.59. The SMILES string of the molecule is COc1cccc(CC(=O)N[C@@H]2COC[C@H]2N2CCCCC2)c1. The Balaban J connectivity index is 1.55. The van der Waals surface area contributed by atoms with E-state index in [0.717, 1.165) is 31.0 Å². The molecule has 0 saturated carbocycles. The Morgan fingerprint density at radius 1 is 1.30 bits per heavy atom. The highest BCUT2D eigenvalue weighted by atomic mass is 16.5. The predicted molar refractivity (Wildman–Crippen MR) is 88.7 cm³/mol. The van der Waals surface area contributed by atoms with Crippen LogP contribution in [0.25, 0.3) is 0 Å². The number of amides is 1. The summed E-state index contributed by atoms with van der Waals surface area (Å²) in [5.74, 6) is 0.835. The molecule has 2 aliphatic rings. The van der Waals surface area contributed by atoms with E-state index in [0.29, 0.717) is 19.1 Å². The van der Waals surface area contributed by atoms with Crippen molar-refractivity contribution in [3.8, 4) is 5.75 Å². The summed E-state index contributed by atoms with van der Waals surface area (Å²) in [4.78, 5) is 14.8. The Kier molecular flexibility index (Phi) is 5.51. The zero-order valence-corrected chi connectivity index (χ0v) is 13.8. The Bertz CT molecular complexity index is 529. The minimum atomic E-state index is 0.0516. The Labute approximate surface area is 137 Å². The standard InChI is InChI=1S/C18H26N2O3/c1-22-15-7-5-6-14(10-15)11-18(21)19-16-12-23-13-17(16)20-8-3-2-4-9-20/h5-7,10,16-17H,2-4,8-9,11-13H2,1H3,(H,19,21)/t16-,17-/m1/s1. The smallest absolute Gasteiger partial charge is 0.224 e. The van der Waals surface area contributed by atoms with Gasteiger partial charge in [0.15, 0.2) is 0 Å². The summed E-state index contributed by atoms with van der Waals surface area (Å²) in [6, 6.07) is 8.09. The molecule has 126 valence electrons. The van der Waals surface area contributed by atoms with Gasteiger partial charge in [-0.15, -0.1) is 0 Å². The van der Waals surface area contributed by atoms with Gasteiger partial charge in [-0.25, -0.2) is 0 Å². The van der Waals surface area contributed by atoms with Crippen LogP contribution in [0.4, 0.5) is 0 Å². The summed E-state index contributed by atoms with van der Waals surface area (Å²) >= 11 is 0. The van der Waals surface area contributed by atoms with Gasteiger partial charge < -0.3 is 14.8 Å². The fourth-order valence-corrected chi connectivity index (χ4v) is 3.52. The molecule has 0 spiro atoms. The number of benzene rings is 1. The molecule has 23 heavy (non-hydrogen) atoms. The van der Waals surface area contributed by atoms with E-state index < -0.39 is 0 Å². The number of carbonyl (C=O) groups excluding carboxylic acids is 1. The zero-order chi connectivity index (χ0) is 16.1. The molecule has 5 heteroatoms. The number of carbonyl (C=O) groups is 1. The van der Waals surface area contributed by atoms with Crippen LogP contribution in [0, 0.1) is 0 Å². The molecule has 0 bridgehead atoms. The molecular weight excluding hydrogens is 292 g/mol. The van der Waals surface area contributed by atoms with Gasteiger partial charge in [0, 0.05) is 0 Å². The van der Waals surface area contributed by atoms with Gasteiger partial charge >= 0.3 is 0 Å². The lowest BCUT2D eigenvalue weighted by Gasteiger charge is -2.34. The molecule has 2 heterocycles. The van der Waals surface area contributed by atoms with Gasteiger partial charge in [-0.3, -0.25) is 9.69 Å². The van der Waals surface area contributed by atoms with Crippen molar-refractivity contribution in [3.05, 3.63) is 29.8 Å². The van der Waals surface area contributed by atoms with Crippen LogP contribution in [0.15, 0.2) is 24.3 Å². The van der Waals surface area contributed by atoms with Crippen LogP contribution in [-0.4, -0.2) is 56.3 Å². The first-order valence-electron chi connectivity index (χ1n) is 8.50. The second-order valence-electron chi connectivity index (χ2n) is 6.40. The van der Waals surface area contributed by atoms with E-state index in [9.17, 15) is 4.79 Å². The topological polar surface area (TPSA) is 50.8 Å². The number of nitrogens with zero attached hydrogens (tertiary/aromatic N) is 1. The maximum atomic E-state index is 12.4. The highest BCUT2D eigenvalue weighted by molar-refractivity contribution is 5.79. The third-order valence-corrected chi connectivity index (χ3v) is 4.76. The molecular formula is C18H26N2O3. The Hall–Kier alpha value is -1.59. The monoisotopic (exact) mass is 318 g/mol. The van der Waals surface area contributed by atoms with Crippen molar-refractivity contribution < 1.29 is 14.3 Å². The molecule has 1 N–H and O–H groups in total. The van der Waals surface area contributed by atoms with Crippen LogP contribution in [0.1, 0.15) is 24.8 Å². The fourth-order valence-electron chi connectivity index (χ4n) is 3.52. The van der Waals surface area contributed by atoms with Crippen LogP contribution in [0.2, 0.25) is 0 Å². The number of nitrogens with one attached hydrogen (secondary N) is 1. The second kappa shape index (κ2) is 7.79. The molecule has 0 aromatic heterocycles. The second-order valence-corrected chi connectivity index (χ2v) is 6.40. The van der Waals surface area contributed by atoms with Crippen molar-refractivity contribution in [2.75, 3.05) is 33.4 Å². The summed E-state index contributed by atoms with van der Waals surface area (Å²) in [5.41, 5.74) is 0.968. The first-order valence-corrected chi connectivity index (χ1v) is 8.50. The van der Waals surface area contributed by atoms with Crippen LogP contribution in [0.3, 0.4) is 0 Å². The maximum absolute atomic E-state index is 12.4. The van der Waals surface area contributed by atoms with Gasteiger partial charge in [0.25, 0.3) is 0 Å². The molecule has 1 aromatic carbocycles. The van der Waals surface area contributed by atoms with Crippen LogP contribution in [0.5, 0.6) is 5.75 Å². The number of hydrogen-bond donors (Lipinski definition) is 1.